The van der Waals surface area contributed by atoms with E-state index in [1.54, 1.807) is 0 Å². The van der Waals surface area contributed by atoms with Crippen molar-refractivity contribution < 1.29 is 28.6 Å². The molecule has 0 saturated heterocycles. The summed E-state index contributed by atoms with van der Waals surface area (Å²) in [7, 11) is 0. The Bertz CT molecular complexity index is 874. The molecule has 0 saturated carbocycles. The first-order valence-corrected chi connectivity index (χ1v) is 26.5. The van der Waals surface area contributed by atoms with Crippen LogP contribution in [0.15, 0.2) is 0 Å². The fourth-order valence-corrected chi connectivity index (χ4v) is 8.09. The van der Waals surface area contributed by atoms with Gasteiger partial charge in [-0.25, -0.2) is 0 Å². The van der Waals surface area contributed by atoms with Gasteiger partial charge in [0.1, 0.15) is 13.2 Å². The van der Waals surface area contributed by atoms with Crippen LogP contribution in [0.3, 0.4) is 0 Å². The van der Waals surface area contributed by atoms with Crippen LogP contribution in [0, 0.1) is 0 Å². The van der Waals surface area contributed by atoms with Crippen LogP contribution in [0.5, 0.6) is 0 Å². The third-order valence-corrected chi connectivity index (χ3v) is 12.1. The molecule has 59 heavy (non-hydrogen) atoms. The van der Waals surface area contributed by atoms with Gasteiger partial charge < -0.3 is 14.2 Å². The molecular weight excluding hydrogens is 733 g/mol. The van der Waals surface area contributed by atoms with E-state index in [1.165, 1.54) is 205 Å². The molecule has 6 heteroatoms. The summed E-state index contributed by atoms with van der Waals surface area (Å²) in [5, 5.41) is 0. The largest absolute Gasteiger partial charge is 0.462 e. The second-order valence-electron chi connectivity index (χ2n) is 18.2. The van der Waals surface area contributed by atoms with Crippen molar-refractivity contribution in [3.05, 3.63) is 0 Å². The number of esters is 3. The highest BCUT2D eigenvalue weighted by Crippen LogP contribution is 2.17. The van der Waals surface area contributed by atoms with Crippen molar-refractivity contribution in [1.29, 1.82) is 0 Å². The third-order valence-electron chi connectivity index (χ3n) is 12.1. The normalized spacial score (nSPS) is 11.8. The molecule has 0 aromatic rings. The van der Waals surface area contributed by atoms with Crippen LogP contribution in [-0.4, -0.2) is 37.2 Å². The SMILES string of the molecule is CCCCCCCCCCCCCCCCCCCCCCCCC(=O)OCC(COC(=O)CCCCCCCC)OC(=O)CCCCCCCCCCCCCCC. The maximum absolute atomic E-state index is 12.7. The zero-order valence-corrected chi connectivity index (χ0v) is 40.1. The van der Waals surface area contributed by atoms with Gasteiger partial charge in [-0.2, -0.15) is 0 Å². The van der Waals surface area contributed by atoms with E-state index in [0.29, 0.717) is 19.3 Å². The van der Waals surface area contributed by atoms with Gasteiger partial charge >= 0.3 is 17.9 Å². The molecule has 0 aliphatic heterocycles. The second-order valence-corrected chi connectivity index (χ2v) is 18.2. The van der Waals surface area contributed by atoms with E-state index < -0.39 is 6.10 Å². The molecule has 0 amide bonds. The Morgan fingerprint density at radius 1 is 0.271 bits per heavy atom. The van der Waals surface area contributed by atoms with Gasteiger partial charge in [0.2, 0.25) is 0 Å². The van der Waals surface area contributed by atoms with E-state index in [2.05, 4.69) is 20.8 Å². The lowest BCUT2D eigenvalue weighted by molar-refractivity contribution is -0.167. The number of ether oxygens (including phenoxy) is 3. The fraction of sp³-hybridized carbons (Fsp3) is 0.943. The predicted molar refractivity (Wildman–Crippen MR) is 252 cm³/mol. The maximum atomic E-state index is 12.7. The first kappa shape index (κ1) is 57.4. The zero-order valence-electron chi connectivity index (χ0n) is 40.1. The van der Waals surface area contributed by atoms with Crippen LogP contribution < -0.4 is 0 Å². The summed E-state index contributed by atoms with van der Waals surface area (Å²) in [6.07, 6.45) is 52.7. The minimum absolute atomic E-state index is 0.0627. The molecule has 0 aliphatic rings. The van der Waals surface area contributed by atoms with E-state index >= 15 is 0 Å². The first-order valence-electron chi connectivity index (χ1n) is 26.5. The fourth-order valence-electron chi connectivity index (χ4n) is 8.09. The minimum atomic E-state index is -0.758. The third kappa shape index (κ3) is 47.3. The Morgan fingerprint density at radius 3 is 0.678 bits per heavy atom. The molecule has 0 aromatic heterocycles. The van der Waals surface area contributed by atoms with Gasteiger partial charge in [-0.3, -0.25) is 14.4 Å². The lowest BCUT2D eigenvalue weighted by atomic mass is 10.0. The minimum Gasteiger partial charge on any atom is -0.462 e. The zero-order chi connectivity index (χ0) is 43.0. The molecule has 0 aliphatic carbocycles. The molecule has 0 N–H and O–H groups in total. The molecule has 0 radical (unpaired) electrons. The molecular formula is C53H102O6. The van der Waals surface area contributed by atoms with Gasteiger partial charge in [0.15, 0.2) is 6.10 Å². The summed E-state index contributed by atoms with van der Waals surface area (Å²) >= 11 is 0. The van der Waals surface area contributed by atoms with E-state index in [-0.39, 0.29) is 31.1 Å². The standard InChI is InChI=1S/C53H102O6/c1-4-7-10-13-16-18-20-22-23-24-25-26-27-28-29-30-32-33-35-37-40-43-46-52(55)58-49-50(48-57-51(54)45-42-39-15-12-9-6-3)59-53(56)47-44-41-38-36-34-31-21-19-17-14-11-8-5-2/h50H,4-49H2,1-3H3. The van der Waals surface area contributed by atoms with Crippen LogP contribution in [0.25, 0.3) is 0 Å². The molecule has 6 nitrogen and oxygen atoms in total. The number of carbonyl (C=O) groups excluding carboxylic acids is 3. The lowest BCUT2D eigenvalue weighted by Gasteiger charge is -2.18. The van der Waals surface area contributed by atoms with Gasteiger partial charge in [0, 0.05) is 19.3 Å². The summed E-state index contributed by atoms with van der Waals surface area (Å²) in [6.45, 7) is 6.62. The van der Waals surface area contributed by atoms with Gasteiger partial charge in [0.25, 0.3) is 0 Å². The van der Waals surface area contributed by atoms with Crippen molar-refractivity contribution in [3.8, 4) is 0 Å². The summed E-state index contributed by atoms with van der Waals surface area (Å²) in [4.78, 5) is 37.7. The molecule has 0 aromatic carbocycles. The highest BCUT2D eigenvalue weighted by molar-refractivity contribution is 5.71. The van der Waals surface area contributed by atoms with Crippen molar-refractivity contribution in [3.63, 3.8) is 0 Å². The molecule has 1 unspecified atom stereocenters. The van der Waals surface area contributed by atoms with Crippen LogP contribution in [-0.2, 0) is 28.6 Å². The Balaban J connectivity index is 4.06. The number of rotatable bonds is 49. The summed E-state index contributed by atoms with van der Waals surface area (Å²) < 4.78 is 16.7. The molecule has 350 valence electrons. The number of carbonyl (C=O) groups is 3. The Morgan fingerprint density at radius 2 is 0.458 bits per heavy atom. The van der Waals surface area contributed by atoms with Crippen molar-refractivity contribution in [2.45, 2.75) is 309 Å². The van der Waals surface area contributed by atoms with Crippen molar-refractivity contribution in [1.82, 2.24) is 0 Å². The van der Waals surface area contributed by atoms with Crippen molar-refractivity contribution >= 4 is 17.9 Å². The number of hydrogen-bond donors (Lipinski definition) is 0. The quantitative estimate of drug-likeness (QED) is 0.0345. The van der Waals surface area contributed by atoms with Crippen LogP contribution >= 0.6 is 0 Å². The van der Waals surface area contributed by atoms with E-state index in [4.69, 9.17) is 14.2 Å². The van der Waals surface area contributed by atoms with Crippen LogP contribution in [0.1, 0.15) is 303 Å². The van der Waals surface area contributed by atoms with Gasteiger partial charge in [-0.15, -0.1) is 0 Å². The monoisotopic (exact) mass is 835 g/mol. The lowest BCUT2D eigenvalue weighted by Crippen LogP contribution is -2.30. The molecule has 0 fully saturated rings. The molecule has 0 heterocycles. The Labute approximate surface area is 368 Å². The number of hydrogen-bond acceptors (Lipinski definition) is 6. The average Bonchev–Trinajstić information content (AvgIpc) is 3.23. The smallest absolute Gasteiger partial charge is 0.306 e. The van der Waals surface area contributed by atoms with E-state index in [0.717, 1.165) is 57.8 Å². The molecule has 1 atom stereocenters. The maximum Gasteiger partial charge on any atom is 0.306 e. The predicted octanol–water partition coefficient (Wildman–Crippen LogP) is 17.2. The second kappa shape index (κ2) is 49.1. The van der Waals surface area contributed by atoms with Crippen molar-refractivity contribution in [2.24, 2.45) is 0 Å². The topological polar surface area (TPSA) is 78.9 Å². The molecule has 0 rings (SSSR count). The Kier molecular flexibility index (Phi) is 47.7. The van der Waals surface area contributed by atoms with Crippen molar-refractivity contribution in [2.75, 3.05) is 13.2 Å². The summed E-state index contributed by atoms with van der Waals surface area (Å²) in [5.41, 5.74) is 0. The molecule has 0 bridgehead atoms. The van der Waals surface area contributed by atoms with Gasteiger partial charge in [-0.1, -0.05) is 265 Å². The number of unbranched alkanes of at least 4 members (excludes halogenated alkanes) is 38. The highest BCUT2D eigenvalue weighted by atomic mass is 16.6. The van der Waals surface area contributed by atoms with Gasteiger partial charge in [0.05, 0.1) is 0 Å². The average molecular weight is 835 g/mol. The summed E-state index contributed by atoms with van der Waals surface area (Å²) in [6, 6.07) is 0. The van der Waals surface area contributed by atoms with Crippen LogP contribution in [0.4, 0.5) is 0 Å². The van der Waals surface area contributed by atoms with Gasteiger partial charge in [-0.05, 0) is 19.3 Å². The van der Waals surface area contributed by atoms with E-state index in [1.807, 2.05) is 0 Å². The molecule has 0 spiro atoms. The highest BCUT2D eigenvalue weighted by Gasteiger charge is 2.19. The van der Waals surface area contributed by atoms with Crippen LogP contribution in [0.2, 0.25) is 0 Å². The Hall–Kier alpha value is -1.59. The summed E-state index contributed by atoms with van der Waals surface area (Å²) in [5.74, 6) is -0.853. The van der Waals surface area contributed by atoms with E-state index in [9.17, 15) is 14.4 Å². The first-order chi connectivity index (χ1) is 29.0.